The van der Waals surface area contributed by atoms with Gasteiger partial charge in [0.15, 0.2) is 11.3 Å². The zero-order valence-electron chi connectivity index (χ0n) is 17.0. The van der Waals surface area contributed by atoms with Gasteiger partial charge in [-0.25, -0.2) is 4.98 Å². The number of ether oxygens (including phenoxy) is 1. The normalized spacial score (nSPS) is 11.7. The number of anilines is 1. The molecule has 0 N–H and O–H groups in total. The van der Waals surface area contributed by atoms with Crippen LogP contribution in [-0.4, -0.2) is 35.6 Å². The maximum atomic E-state index is 13.1. The molecule has 0 unspecified atom stereocenters. The van der Waals surface area contributed by atoms with Gasteiger partial charge in [-0.3, -0.25) is 4.79 Å². The Hall–Kier alpha value is -2.81. The number of aryl methyl sites for hydroxylation is 1. The summed E-state index contributed by atoms with van der Waals surface area (Å²) >= 11 is 5.42. The maximum absolute atomic E-state index is 13.1. The summed E-state index contributed by atoms with van der Waals surface area (Å²) in [6.45, 7) is 2.90. The molecule has 10 heteroatoms. The number of rotatable bonds is 9. The number of carbonyl (C=O) groups is 1. The third-order valence-corrected chi connectivity index (χ3v) is 4.95. The molecule has 31 heavy (non-hydrogen) atoms. The molecule has 0 aliphatic rings. The SMILES string of the molecule is CCCc1c(OCCCN(C)c2ccc(C(=O)Cl)cn2)ccc2c(C(F)(F)F)noc12. The molecule has 0 radical (unpaired) electrons. The first-order valence-electron chi connectivity index (χ1n) is 9.70. The van der Waals surface area contributed by atoms with E-state index in [1.807, 2.05) is 18.9 Å². The Morgan fingerprint density at radius 1 is 1.26 bits per heavy atom. The van der Waals surface area contributed by atoms with Crippen molar-refractivity contribution >= 4 is 33.6 Å². The molecule has 0 aliphatic heterocycles. The van der Waals surface area contributed by atoms with E-state index in [1.54, 1.807) is 12.1 Å². The van der Waals surface area contributed by atoms with Crippen molar-refractivity contribution in [3.8, 4) is 5.75 Å². The van der Waals surface area contributed by atoms with Gasteiger partial charge in [0.05, 0.1) is 17.6 Å². The molecule has 0 spiro atoms. The fourth-order valence-electron chi connectivity index (χ4n) is 3.19. The minimum absolute atomic E-state index is 0.0621. The lowest BCUT2D eigenvalue weighted by Gasteiger charge is -2.18. The Balaban J connectivity index is 1.65. The molecule has 1 aromatic carbocycles. The van der Waals surface area contributed by atoms with Crippen LogP contribution >= 0.6 is 11.6 Å². The number of halogens is 4. The van der Waals surface area contributed by atoms with Crippen LogP contribution in [0.15, 0.2) is 35.0 Å². The highest BCUT2D eigenvalue weighted by atomic mass is 35.5. The Labute approximate surface area is 181 Å². The lowest BCUT2D eigenvalue weighted by molar-refractivity contribution is -0.141. The highest BCUT2D eigenvalue weighted by Gasteiger charge is 2.37. The van der Waals surface area contributed by atoms with Gasteiger partial charge in [0.2, 0.25) is 0 Å². The molecule has 166 valence electrons. The van der Waals surface area contributed by atoms with E-state index in [9.17, 15) is 18.0 Å². The number of pyridine rings is 1. The van der Waals surface area contributed by atoms with Gasteiger partial charge in [0.25, 0.3) is 5.24 Å². The molecule has 3 rings (SSSR count). The number of aromatic nitrogens is 2. The number of alkyl halides is 3. The third-order valence-electron chi connectivity index (χ3n) is 4.73. The standard InChI is InChI=1S/C21H21ClF3N3O3/c1-3-5-14-16(8-7-15-18(14)31-27-19(15)21(23,24)25)30-11-4-10-28(2)17-9-6-13(12-26-17)20(22)29/h6-9,12H,3-5,10-11H2,1-2H3. The highest BCUT2D eigenvalue weighted by molar-refractivity contribution is 6.67. The molecule has 3 aromatic rings. The number of nitrogens with zero attached hydrogens (tertiary/aromatic N) is 3. The van der Waals surface area contributed by atoms with Crippen molar-refractivity contribution in [1.82, 2.24) is 10.1 Å². The number of benzene rings is 1. The minimum Gasteiger partial charge on any atom is -0.493 e. The van der Waals surface area contributed by atoms with Crippen molar-refractivity contribution < 1.29 is 27.2 Å². The molecular formula is C21H21ClF3N3O3. The smallest absolute Gasteiger partial charge is 0.437 e. The Bertz CT molecular complexity index is 1050. The maximum Gasteiger partial charge on any atom is 0.437 e. The minimum atomic E-state index is -4.58. The summed E-state index contributed by atoms with van der Waals surface area (Å²) in [6, 6.07) is 6.17. The van der Waals surface area contributed by atoms with Crippen LogP contribution in [0.5, 0.6) is 5.75 Å². The van der Waals surface area contributed by atoms with E-state index in [2.05, 4.69) is 10.1 Å². The average molecular weight is 456 g/mol. The monoisotopic (exact) mass is 455 g/mol. The first kappa shape index (κ1) is 22.9. The van der Waals surface area contributed by atoms with Crippen LogP contribution in [-0.2, 0) is 12.6 Å². The van der Waals surface area contributed by atoms with Crippen molar-refractivity contribution in [3.63, 3.8) is 0 Å². The molecule has 2 aromatic heterocycles. The second kappa shape index (κ2) is 9.55. The summed E-state index contributed by atoms with van der Waals surface area (Å²) in [5, 5.41) is 2.59. The second-order valence-electron chi connectivity index (χ2n) is 7.00. The van der Waals surface area contributed by atoms with Crippen LogP contribution in [0.3, 0.4) is 0 Å². The van der Waals surface area contributed by atoms with E-state index in [0.717, 1.165) is 0 Å². The van der Waals surface area contributed by atoms with Crippen molar-refractivity contribution in [2.75, 3.05) is 25.1 Å². The van der Waals surface area contributed by atoms with E-state index in [-0.39, 0.29) is 11.0 Å². The van der Waals surface area contributed by atoms with Gasteiger partial charge in [0.1, 0.15) is 11.6 Å². The van der Waals surface area contributed by atoms with Crippen LogP contribution in [0, 0.1) is 0 Å². The van der Waals surface area contributed by atoms with Gasteiger partial charge in [-0.2, -0.15) is 13.2 Å². The predicted octanol–water partition coefficient (Wildman–Crippen LogP) is 5.48. The largest absolute Gasteiger partial charge is 0.493 e. The zero-order valence-corrected chi connectivity index (χ0v) is 17.8. The molecule has 0 amide bonds. The topological polar surface area (TPSA) is 68.5 Å². The third kappa shape index (κ3) is 5.28. The van der Waals surface area contributed by atoms with E-state index in [0.29, 0.717) is 55.1 Å². The molecule has 2 heterocycles. The fraction of sp³-hybridized carbons (Fsp3) is 0.381. The van der Waals surface area contributed by atoms with Crippen molar-refractivity contribution in [1.29, 1.82) is 0 Å². The zero-order chi connectivity index (χ0) is 22.6. The van der Waals surface area contributed by atoms with Crippen molar-refractivity contribution in [2.24, 2.45) is 0 Å². The summed E-state index contributed by atoms with van der Waals surface area (Å²) in [5.74, 6) is 1.17. The summed E-state index contributed by atoms with van der Waals surface area (Å²) < 4.78 is 50.2. The van der Waals surface area contributed by atoms with Crippen LogP contribution in [0.4, 0.5) is 19.0 Å². The van der Waals surface area contributed by atoms with Crippen LogP contribution < -0.4 is 9.64 Å². The van der Waals surface area contributed by atoms with E-state index >= 15 is 0 Å². The Morgan fingerprint density at radius 3 is 2.65 bits per heavy atom. The number of hydrogen-bond acceptors (Lipinski definition) is 6. The Kier molecular flexibility index (Phi) is 7.04. The summed E-state index contributed by atoms with van der Waals surface area (Å²) in [7, 11) is 1.85. The summed E-state index contributed by atoms with van der Waals surface area (Å²) in [4.78, 5) is 17.2. The number of hydrogen-bond donors (Lipinski definition) is 0. The molecule has 0 saturated heterocycles. The van der Waals surface area contributed by atoms with Gasteiger partial charge in [-0.1, -0.05) is 18.5 Å². The molecular weight excluding hydrogens is 435 g/mol. The second-order valence-corrected chi connectivity index (χ2v) is 7.34. The van der Waals surface area contributed by atoms with Crippen LogP contribution in [0.2, 0.25) is 0 Å². The molecule has 0 atom stereocenters. The molecule has 0 bridgehead atoms. The molecule has 0 saturated carbocycles. The average Bonchev–Trinajstić information content (AvgIpc) is 3.17. The summed E-state index contributed by atoms with van der Waals surface area (Å²) in [6.07, 6.45) is -1.30. The first-order valence-corrected chi connectivity index (χ1v) is 10.1. The number of fused-ring (bicyclic) bond motifs is 1. The van der Waals surface area contributed by atoms with Crippen molar-refractivity contribution in [3.05, 3.63) is 47.3 Å². The van der Waals surface area contributed by atoms with Gasteiger partial charge in [-0.15, -0.1) is 0 Å². The lowest BCUT2D eigenvalue weighted by Crippen LogP contribution is -2.21. The van der Waals surface area contributed by atoms with E-state index < -0.39 is 17.1 Å². The van der Waals surface area contributed by atoms with E-state index in [4.69, 9.17) is 20.9 Å². The molecule has 0 aliphatic carbocycles. The van der Waals surface area contributed by atoms with Crippen LogP contribution in [0.1, 0.15) is 41.4 Å². The Morgan fingerprint density at radius 2 is 2.03 bits per heavy atom. The highest BCUT2D eigenvalue weighted by Crippen LogP contribution is 2.38. The fourth-order valence-corrected chi connectivity index (χ4v) is 3.31. The summed E-state index contributed by atoms with van der Waals surface area (Å²) in [5.41, 5.74) is -0.00854. The van der Waals surface area contributed by atoms with Gasteiger partial charge in [-0.05, 0) is 48.7 Å². The van der Waals surface area contributed by atoms with Crippen molar-refractivity contribution in [2.45, 2.75) is 32.4 Å². The van der Waals surface area contributed by atoms with Gasteiger partial charge in [0, 0.05) is 25.4 Å². The van der Waals surface area contributed by atoms with Gasteiger partial charge < -0.3 is 14.2 Å². The first-order chi connectivity index (χ1) is 14.7. The molecule has 0 fully saturated rings. The van der Waals surface area contributed by atoms with E-state index in [1.165, 1.54) is 18.3 Å². The van der Waals surface area contributed by atoms with Gasteiger partial charge >= 0.3 is 6.18 Å². The quantitative estimate of drug-likeness (QED) is 0.314. The van der Waals surface area contributed by atoms with Crippen LogP contribution in [0.25, 0.3) is 11.0 Å². The molecule has 6 nitrogen and oxygen atoms in total. The predicted molar refractivity (Wildman–Crippen MR) is 111 cm³/mol. The lowest BCUT2D eigenvalue weighted by atomic mass is 10.0. The number of carbonyl (C=O) groups excluding carboxylic acids is 1.